The fourth-order valence-electron chi connectivity index (χ4n) is 2.74. The van der Waals surface area contributed by atoms with Crippen LogP contribution < -0.4 is 0 Å². The highest BCUT2D eigenvalue weighted by Crippen LogP contribution is 2.56. The fraction of sp³-hybridized carbons (Fsp3) is 0.250. The van der Waals surface area contributed by atoms with E-state index in [-0.39, 0.29) is 0 Å². The minimum Gasteiger partial charge on any atom is -0.345 e. The van der Waals surface area contributed by atoms with Gasteiger partial charge < -0.3 is 4.89 Å². The van der Waals surface area contributed by atoms with E-state index in [2.05, 4.69) is 0 Å². The van der Waals surface area contributed by atoms with E-state index >= 15 is 0 Å². The molecule has 0 saturated heterocycles. The van der Waals surface area contributed by atoms with Crippen LogP contribution in [0.15, 0.2) is 48.5 Å². The highest BCUT2D eigenvalue weighted by atomic mass is 35.5. The van der Waals surface area contributed by atoms with Crippen LogP contribution in [0.25, 0.3) is 0 Å². The van der Waals surface area contributed by atoms with Crippen molar-refractivity contribution in [1.29, 1.82) is 0 Å². The lowest BCUT2D eigenvalue weighted by molar-refractivity contribution is 0.456. The lowest BCUT2D eigenvalue weighted by Crippen LogP contribution is -2.24. The zero-order chi connectivity index (χ0) is 15.5. The first-order chi connectivity index (χ1) is 10.0. The molecule has 2 rings (SSSR count). The normalized spacial score (nSPS) is 13.1. The van der Waals surface area contributed by atoms with Crippen LogP contribution in [0.2, 0.25) is 10.0 Å². The molecule has 0 aliphatic rings. The smallest absolute Gasteiger partial charge is 0.203 e. The van der Waals surface area contributed by atoms with Gasteiger partial charge in [0.15, 0.2) is 0 Å². The molecule has 0 spiro atoms. The first-order valence-corrected chi connectivity index (χ1v) is 8.88. The molecule has 21 heavy (non-hydrogen) atoms. The van der Waals surface area contributed by atoms with Crippen LogP contribution in [-0.2, 0) is 9.72 Å². The van der Waals surface area contributed by atoms with Crippen molar-refractivity contribution in [3.63, 3.8) is 0 Å². The van der Waals surface area contributed by atoms with Gasteiger partial charge in [0.2, 0.25) is 8.03 Å². The molecule has 1 atom stereocenters. The van der Waals surface area contributed by atoms with Crippen LogP contribution in [0.4, 0.5) is 0 Å². The Morgan fingerprint density at radius 2 is 1.43 bits per heavy atom. The summed E-state index contributed by atoms with van der Waals surface area (Å²) in [6, 6.07) is 14.4. The molecular formula is C16H17Cl2O2P. The van der Waals surface area contributed by atoms with Crippen molar-refractivity contribution in [2.75, 3.05) is 0 Å². The quantitative estimate of drug-likeness (QED) is 0.728. The zero-order valence-corrected chi connectivity index (χ0v) is 14.2. The highest BCUT2D eigenvalue weighted by molar-refractivity contribution is 7.40. The molecule has 1 N–H and O–H groups in total. The molecule has 2 aromatic rings. The summed E-state index contributed by atoms with van der Waals surface area (Å²) < 4.78 is 12.4. The standard InChI is InChI=1S/C16H17Cl2O2P/c1-2-11-16(21(19)20,12-7-3-5-9-14(12)17)13-8-4-6-10-15(13)18/h3-10,21H,2,11H2,1H3,(H,19,20). The largest absolute Gasteiger partial charge is 0.345 e. The number of hydrogen-bond donors (Lipinski definition) is 1. The van der Waals surface area contributed by atoms with E-state index in [0.29, 0.717) is 27.6 Å². The molecule has 0 heterocycles. The van der Waals surface area contributed by atoms with E-state index in [0.717, 1.165) is 6.42 Å². The first kappa shape index (κ1) is 16.6. The topological polar surface area (TPSA) is 37.3 Å². The van der Waals surface area contributed by atoms with E-state index in [4.69, 9.17) is 23.2 Å². The molecule has 0 bridgehead atoms. The van der Waals surface area contributed by atoms with Crippen LogP contribution >= 0.6 is 31.2 Å². The SMILES string of the molecule is CCCC(c1ccccc1Cl)(c1ccccc1Cl)[PH](=O)O. The van der Waals surface area contributed by atoms with Gasteiger partial charge in [-0.25, -0.2) is 0 Å². The summed E-state index contributed by atoms with van der Waals surface area (Å²) in [6.45, 7) is 1.98. The molecule has 112 valence electrons. The van der Waals surface area contributed by atoms with Crippen molar-refractivity contribution in [2.45, 2.75) is 24.9 Å². The van der Waals surface area contributed by atoms with Crippen LogP contribution in [0, 0.1) is 0 Å². The lowest BCUT2D eigenvalue weighted by atomic mass is 9.86. The zero-order valence-electron chi connectivity index (χ0n) is 11.6. The minimum atomic E-state index is -2.96. The average Bonchev–Trinajstić information content (AvgIpc) is 2.46. The Morgan fingerprint density at radius 1 is 1.00 bits per heavy atom. The second kappa shape index (κ2) is 6.98. The van der Waals surface area contributed by atoms with Crippen LogP contribution in [0.1, 0.15) is 30.9 Å². The maximum Gasteiger partial charge on any atom is 0.203 e. The number of halogens is 2. The van der Waals surface area contributed by atoms with E-state index in [9.17, 15) is 9.46 Å². The van der Waals surface area contributed by atoms with Gasteiger partial charge in [0.1, 0.15) is 0 Å². The third-order valence-electron chi connectivity index (χ3n) is 3.66. The third kappa shape index (κ3) is 3.05. The lowest BCUT2D eigenvalue weighted by Gasteiger charge is -2.33. The van der Waals surface area contributed by atoms with Crippen molar-refractivity contribution in [3.8, 4) is 0 Å². The molecule has 0 radical (unpaired) electrons. The number of hydrogen-bond acceptors (Lipinski definition) is 1. The number of benzene rings is 2. The monoisotopic (exact) mass is 342 g/mol. The summed E-state index contributed by atoms with van der Waals surface area (Å²) in [7, 11) is -2.96. The van der Waals surface area contributed by atoms with E-state index in [1.54, 1.807) is 24.3 Å². The van der Waals surface area contributed by atoms with Gasteiger partial charge in [-0.1, -0.05) is 72.9 Å². The minimum absolute atomic E-state index is 0.485. The van der Waals surface area contributed by atoms with Crippen molar-refractivity contribution in [1.82, 2.24) is 0 Å². The maximum atomic E-state index is 12.4. The van der Waals surface area contributed by atoms with E-state index in [1.165, 1.54) is 0 Å². The molecule has 2 nitrogen and oxygen atoms in total. The Bertz CT molecular complexity index is 613. The van der Waals surface area contributed by atoms with Gasteiger partial charge in [0.25, 0.3) is 0 Å². The highest BCUT2D eigenvalue weighted by Gasteiger charge is 2.41. The second-order valence-electron chi connectivity index (χ2n) is 4.92. The molecular weight excluding hydrogens is 326 g/mol. The number of rotatable bonds is 5. The Morgan fingerprint density at radius 3 is 1.76 bits per heavy atom. The Kier molecular flexibility index (Phi) is 5.51. The van der Waals surface area contributed by atoms with Crippen LogP contribution in [0.5, 0.6) is 0 Å². The van der Waals surface area contributed by atoms with E-state index in [1.807, 2.05) is 31.2 Å². The Hall–Kier alpha value is -0.790. The van der Waals surface area contributed by atoms with Crippen LogP contribution in [0.3, 0.4) is 0 Å². The van der Waals surface area contributed by atoms with Gasteiger partial charge in [0.05, 0.1) is 5.16 Å². The Labute approximate surface area is 135 Å². The summed E-state index contributed by atoms with van der Waals surface area (Å²) in [5, 5.41) is -0.0765. The van der Waals surface area contributed by atoms with Gasteiger partial charge >= 0.3 is 0 Å². The van der Waals surface area contributed by atoms with Crippen molar-refractivity contribution in [2.24, 2.45) is 0 Å². The molecule has 2 aromatic carbocycles. The van der Waals surface area contributed by atoms with Crippen LogP contribution in [-0.4, -0.2) is 4.89 Å². The summed E-state index contributed by atoms with van der Waals surface area (Å²) in [4.78, 5) is 10.2. The molecule has 0 saturated carbocycles. The fourth-order valence-corrected chi connectivity index (χ4v) is 4.85. The first-order valence-electron chi connectivity index (χ1n) is 6.77. The predicted molar refractivity (Wildman–Crippen MR) is 89.8 cm³/mol. The van der Waals surface area contributed by atoms with Crippen molar-refractivity contribution >= 4 is 31.2 Å². The molecule has 5 heteroatoms. The van der Waals surface area contributed by atoms with Gasteiger partial charge in [0, 0.05) is 10.0 Å². The summed E-state index contributed by atoms with van der Waals surface area (Å²) in [5.74, 6) is 0. The summed E-state index contributed by atoms with van der Waals surface area (Å²) in [6.07, 6.45) is 1.25. The summed E-state index contributed by atoms with van der Waals surface area (Å²) >= 11 is 12.6. The maximum absolute atomic E-state index is 12.4. The van der Waals surface area contributed by atoms with Gasteiger partial charge in [-0.2, -0.15) is 0 Å². The van der Waals surface area contributed by atoms with Crippen molar-refractivity contribution < 1.29 is 9.46 Å². The summed E-state index contributed by atoms with van der Waals surface area (Å²) in [5.41, 5.74) is 1.32. The molecule has 1 unspecified atom stereocenters. The molecule has 0 amide bonds. The van der Waals surface area contributed by atoms with Crippen molar-refractivity contribution in [3.05, 3.63) is 69.7 Å². The second-order valence-corrected chi connectivity index (χ2v) is 7.20. The van der Waals surface area contributed by atoms with Gasteiger partial charge in [-0.15, -0.1) is 0 Å². The van der Waals surface area contributed by atoms with Gasteiger partial charge in [-0.3, -0.25) is 4.57 Å². The predicted octanol–water partition coefficient (Wildman–Crippen LogP) is 5.50. The third-order valence-corrected chi connectivity index (χ3v) is 5.84. The Balaban J connectivity index is 2.80. The average molecular weight is 343 g/mol. The van der Waals surface area contributed by atoms with E-state index < -0.39 is 13.2 Å². The molecule has 0 aliphatic carbocycles. The molecule has 0 fully saturated rings. The molecule has 0 aromatic heterocycles. The van der Waals surface area contributed by atoms with Gasteiger partial charge in [-0.05, 0) is 29.7 Å². The molecule has 0 aliphatic heterocycles.